The molecular weight excluding hydrogens is 486 g/mol. The first-order chi connectivity index (χ1) is 18.1. The van der Waals surface area contributed by atoms with Gasteiger partial charge in [0.05, 0.1) is 18.0 Å². The third-order valence-corrected chi connectivity index (χ3v) is 7.90. The number of anilines is 1. The molecule has 0 radical (unpaired) electrons. The lowest BCUT2D eigenvalue weighted by Crippen LogP contribution is -2.38. The van der Waals surface area contributed by atoms with Crippen LogP contribution in [0.2, 0.25) is 0 Å². The number of ether oxygens (including phenoxy) is 1. The Balaban J connectivity index is 1.09. The molecule has 3 N–H and O–H groups in total. The number of hydrogen-bond acceptors (Lipinski definition) is 9. The fourth-order valence-electron chi connectivity index (χ4n) is 4.49. The summed E-state index contributed by atoms with van der Waals surface area (Å²) in [5.41, 5.74) is 7.52. The number of amides is 1. The number of thiazole rings is 1. The summed E-state index contributed by atoms with van der Waals surface area (Å²) in [5, 5.41) is 13.4. The minimum atomic E-state index is -0.294. The second-order valence-corrected chi connectivity index (χ2v) is 10.9. The molecule has 1 aliphatic carbocycles. The molecule has 3 aromatic heterocycles. The highest BCUT2D eigenvalue weighted by molar-refractivity contribution is 7.14. The first kappa shape index (κ1) is 25.1. The Morgan fingerprint density at radius 3 is 2.78 bits per heavy atom. The van der Waals surface area contributed by atoms with Gasteiger partial charge in [0, 0.05) is 30.4 Å². The quantitative estimate of drug-likeness (QED) is 0.414. The van der Waals surface area contributed by atoms with Crippen molar-refractivity contribution in [3.8, 4) is 22.7 Å². The molecule has 4 heterocycles. The van der Waals surface area contributed by atoms with Crippen LogP contribution in [0.25, 0.3) is 10.7 Å². The van der Waals surface area contributed by atoms with Gasteiger partial charge in [-0.2, -0.15) is 5.26 Å². The Labute approximate surface area is 220 Å². The maximum atomic E-state index is 12.8. The molecule has 0 spiro atoms. The van der Waals surface area contributed by atoms with Gasteiger partial charge in [-0.1, -0.05) is 18.9 Å². The number of carbonyl (C=O) groups excluding carboxylic acids is 1. The molecule has 10 heteroatoms. The number of nitriles is 1. The van der Waals surface area contributed by atoms with Gasteiger partial charge in [0.1, 0.15) is 22.3 Å². The molecule has 1 aliphatic heterocycles. The second-order valence-electron chi connectivity index (χ2n) is 9.75. The monoisotopic (exact) mass is 517 g/mol. The first-order valence-corrected chi connectivity index (χ1v) is 13.6. The largest absolute Gasteiger partial charge is 0.477 e. The molecule has 0 bridgehead atoms. The molecule has 5 rings (SSSR count). The molecule has 1 saturated carbocycles. The van der Waals surface area contributed by atoms with E-state index in [4.69, 9.17) is 10.5 Å². The molecule has 2 aliphatic rings. The van der Waals surface area contributed by atoms with Crippen molar-refractivity contribution in [3.63, 3.8) is 0 Å². The molecular formula is C27H31N7O2S. The lowest BCUT2D eigenvalue weighted by molar-refractivity contribution is 0.0929. The minimum Gasteiger partial charge on any atom is -0.477 e. The number of likely N-dealkylation sites (tertiary alicyclic amines) is 1. The van der Waals surface area contributed by atoms with E-state index in [0.29, 0.717) is 25.0 Å². The van der Waals surface area contributed by atoms with Gasteiger partial charge in [0.2, 0.25) is 5.88 Å². The number of nitrogens with zero attached hydrogens (tertiary/aromatic N) is 5. The van der Waals surface area contributed by atoms with Gasteiger partial charge >= 0.3 is 0 Å². The van der Waals surface area contributed by atoms with Crippen molar-refractivity contribution in [1.29, 1.82) is 5.26 Å². The number of nitrogens with two attached hydrogens (primary N) is 1. The molecule has 3 aromatic rings. The van der Waals surface area contributed by atoms with Gasteiger partial charge in [-0.05, 0) is 62.4 Å². The highest BCUT2D eigenvalue weighted by Gasteiger charge is 2.23. The standard InChI is InChI=1S/C27H31N7O2S/c28-14-21-22(29)13-24(33-26(21)36-12-8-18-4-5-18)25(35)31-15-19-6-10-34(11-7-19)17-20-16-32-27(37-20)23-3-1-2-9-30-23/h1-3,9,13,16,18-19H,4-8,10-12,15,17H2,(H2,29,33)(H,31,35). The average Bonchev–Trinajstić information content (AvgIpc) is 3.63. The molecule has 2 fully saturated rings. The molecule has 1 saturated heterocycles. The molecule has 1 amide bonds. The van der Waals surface area contributed by atoms with E-state index in [1.54, 1.807) is 17.5 Å². The lowest BCUT2D eigenvalue weighted by Gasteiger charge is -2.31. The summed E-state index contributed by atoms with van der Waals surface area (Å²) in [7, 11) is 0. The van der Waals surface area contributed by atoms with E-state index < -0.39 is 0 Å². The van der Waals surface area contributed by atoms with E-state index in [9.17, 15) is 10.1 Å². The Hall–Kier alpha value is -3.55. The number of hydrogen-bond donors (Lipinski definition) is 2. The fourth-order valence-corrected chi connectivity index (χ4v) is 5.42. The molecule has 0 aromatic carbocycles. The summed E-state index contributed by atoms with van der Waals surface area (Å²) in [6.45, 7) is 3.87. The molecule has 0 unspecified atom stereocenters. The number of aromatic nitrogens is 3. The summed E-state index contributed by atoms with van der Waals surface area (Å²) < 4.78 is 5.73. The van der Waals surface area contributed by atoms with Crippen LogP contribution in [0.15, 0.2) is 36.7 Å². The van der Waals surface area contributed by atoms with Crippen LogP contribution >= 0.6 is 11.3 Å². The highest BCUT2D eigenvalue weighted by Crippen LogP contribution is 2.33. The van der Waals surface area contributed by atoms with E-state index in [1.807, 2.05) is 30.5 Å². The number of nitrogen functional groups attached to an aromatic ring is 1. The van der Waals surface area contributed by atoms with Crippen molar-refractivity contribution in [2.24, 2.45) is 11.8 Å². The summed E-state index contributed by atoms with van der Waals surface area (Å²) in [4.78, 5) is 29.7. The first-order valence-electron chi connectivity index (χ1n) is 12.8. The number of nitrogens with one attached hydrogen (secondary N) is 1. The van der Waals surface area contributed by atoms with E-state index >= 15 is 0 Å². The maximum absolute atomic E-state index is 12.8. The summed E-state index contributed by atoms with van der Waals surface area (Å²) in [6, 6.07) is 9.36. The van der Waals surface area contributed by atoms with Crippen molar-refractivity contribution in [2.75, 3.05) is 32.0 Å². The van der Waals surface area contributed by atoms with Crippen molar-refractivity contribution in [3.05, 3.63) is 52.8 Å². The normalized spacial score (nSPS) is 16.3. The number of rotatable bonds is 10. The summed E-state index contributed by atoms with van der Waals surface area (Å²) in [6.07, 6.45) is 9.12. The Morgan fingerprint density at radius 2 is 2.05 bits per heavy atom. The van der Waals surface area contributed by atoms with Gasteiger partial charge in [0.15, 0.2) is 0 Å². The van der Waals surface area contributed by atoms with Gasteiger partial charge < -0.3 is 15.8 Å². The van der Waals surface area contributed by atoms with E-state index in [2.05, 4.69) is 25.2 Å². The number of piperidine rings is 1. The van der Waals surface area contributed by atoms with E-state index in [0.717, 1.165) is 49.6 Å². The Kier molecular flexibility index (Phi) is 7.92. The van der Waals surface area contributed by atoms with Crippen LogP contribution < -0.4 is 15.8 Å². The minimum absolute atomic E-state index is 0.149. The Bertz CT molecular complexity index is 1260. The maximum Gasteiger partial charge on any atom is 0.270 e. The number of carbonyl (C=O) groups is 1. The third kappa shape index (κ3) is 6.61. The van der Waals surface area contributed by atoms with Crippen LogP contribution in [0.5, 0.6) is 5.88 Å². The van der Waals surface area contributed by atoms with E-state index in [-0.39, 0.29) is 28.7 Å². The van der Waals surface area contributed by atoms with Gasteiger partial charge in [0.25, 0.3) is 5.91 Å². The highest BCUT2D eigenvalue weighted by atomic mass is 32.1. The van der Waals surface area contributed by atoms with Crippen LogP contribution in [-0.2, 0) is 6.54 Å². The lowest BCUT2D eigenvalue weighted by atomic mass is 9.96. The number of pyridine rings is 2. The SMILES string of the molecule is N#Cc1c(N)cc(C(=O)NCC2CCN(Cc3cnc(-c4ccccn4)s3)CC2)nc1OCCC1CC1. The average molecular weight is 518 g/mol. The van der Waals surface area contributed by atoms with Crippen molar-refractivity contribution < 1.29 is 9.53 Å². The zero-order valence-electron chi connectivity index (χ0n) is 20.7. The predicted octanol–water partition coefficient (Wildman–Crippen LogP) is 3.87. The second kappa shape index (κ2) is 11.7. The Morgan fingerprint density at radius 1 is 1.22 bits per heavy atom. The van der Waals surface area contributed by atoms with Crippen LogP contribution in [-0.4, -0.2) is 52.0 Å². The van der Waals surface area contributed by atoms with Crippen molar-refractivity contribution in [1.82, 2.24) is 25.2 Å². The topological polar surface area (TPSA) is 130 Å². The summed E-state index contributed by atoms with van der Waals surface area (Å²) >= 11 is 1.69. The molecule has 37 heavy (non-hydrogen) atoms. The van der Waals surface area contributed by atoms with Crippen molar-refractivity contribution >= 4 is 22.9 Å². The molecule has 9 nitrogen and oxygen atoms in total. The van der Waals surface area contributed by atoms with Crippen LogP contribution in [0.3, 0.4) is 0 Å². The van der Waals surface area contributed by atoms with Crippen LogP contribution in [0, 0.1) is 23.2 Å². The smallest absolute Gasteiger partial charge is 0.270 e. The van der Waals surface area contributed by atoms with Crippen LogP contribution in [0.4, 0.5) is 5.69 Å². The van der Waals surface area contributed by atoms with Gasteiger partial charge in [-0.25, -0.2) is 9.97 Å². The summed E-state index contributed by atoms with van der Waals surface area (Å²) in [5.74, 6) is 0.954. The molecule has 0 atom stereocenters. The van der Waals surface area contributed by atoms with Crippen LogP contribution in [0.1, 0.15) is 53.0 Å². The fraction of sp³-hybridized carbons (Fsp3) is 0.444. The predicted molar refractivity (Wildman–Crippen MR) is 142 cm³/mol. The third-order valence-electron chi connectivity index (χ3n) is 6.90. The zero-order chi connectivity index (χ0) is 25.6. The van der Waals surface area contributed by atoms with Gasteiger partial charge in [-0.3, -0.25) is 14.7 Å². The molecule has 192 valence electrons. The van der Waals surface area contributed by atoms with Crippen molar-refractivity contribution in [2.45, 2.75) is 38.6 Å². The zero-order valence-corrected chi connectivity index (χ0v) is 21.5. The van der Waals surface area contributed by atoms with E-state index in [1.165, 1.54) is 23.8 Å². The van der Waals surface area contributed by atoms with Gasteiger partial charge in [-0.15, -0.1) is 11.3 Å².